The first-order chi connectivity index (χ1) is 14.1. The largest absolute Gasteiger partial charge is 0.490 e. The molecule has 0 aliphatic rings. The summed E-state index contributed by atoms with van der Waals surface area (Å²) in [6.45, 7) is 11.7. The van der Waals surface area contributed by atoms with Crippen LogP contribution < -0.4 is 14.8 Å². The minimum atomic E-state index is -0.290. The molecule has 0 saturated heterocycles. The molecule has 0 radical (unpaired) electrons. The van der Waals surface area contributed by atoms with Crippen LogP contribution in [0.1, 0.15) is 38.3 Å². The summed E-state index contributed by atoms with van der Waals surface area (Å²) < 4.78 is 25.4. The van der Waals surface area contributed by atoms with Gasteiger partial charge in [0.2, 0.25) is 0 Å². The highest BCUT2D eigenvalue weighted by Gasteiger charge is 2.12. The summed E-state index contributed by atoms with van der Waals surface area (Å²) in [5.74, 6) is 0.848. The molecule has 2 aromatic carbocycles. The van der Waals surface area contributed by atoms with E-state index in [1.807, 2.05) is 13.0 Å². The minimum Gasteiger partial charge on any atom is -0.490 e. The van der Waals surface area contributed by atoms with Crippen LogP contribution in [0.2, 0.25) is 5.02 Å². The first-order valence-corrected chi connectivity index (χ1v) is 10.7. The molecule has 0 aliphatic carbocycles. The van der Waals surface area contributed by atoms with Gasteiger partial charge in [-0.15, -0.1) is 0 Å². The lowest BCUT2D eigenvalue weighted by molar-refractivity contribution is 0.265. The number of benzene rings is 2. The van der Waals surface area contributed by atoms with E-state index in [1.165, 1.54) is 6.07 Å². The zero-order valence-corrected chi connectivity index (χ0v) is 18.4. The molecule has 0 aromatic heterocycles. The quantitative estimate of drug-likeness (QED) is 0.445. The molecule has 0 saturated carbocycles. The Morgan fingerprint density at radius 3 is 2.41 bits per heavy atom. The van der Waals surface area contributed by atoms with Gasteiger partial charge in [0, 0.05) is 23.2 Å². The Hall–Kier alpha value is -1.82. The molecule has 0 unspecified atom stereocenters. The third-order valence-electron chi connectivity index (χ3n) is 4.79. The van der Waals surface area contributed by atoms with Gasteiger partial charge in [-0.2, -0.15) is 0 Å². The molecule has 4 nitrogen and oxygen atoms in total. The molecule has 2 aromatic rings. The first-order valence-electron chi connectivity index (χ1n) is 10.3. The summed E-state index contributed by atoms with van der Waals surface area (Å²) in [6.07, 6.45) is 1.08. The van der Waals surface area contributed by atoms with Gasteiger partial charge < -0.3 is 19.7 Å². The normalized spacial score (nSPS) is 11.1. The van der Waals surface area contributed by atoms with Crippen LogP contribution in [0.4, 0.5) is 4.39 Å². The minimum absolute atomic E-state index is 0.117. The van der Waals surface area contributed by atoms with Crippen LogP contribution in [0.3, 0.4) is 0 Å². The lowest BCUT2D eigenvalue weighted by Gasteiger charge is -2.18. The van der Waals surface area contributed by atoms with E-state index in [9.17, 15) is 4.39 Å². The van der Waals surface area contributed by atoms with Crippen molar-refractivity contribution in [2.75, 3.05) is 32.8 Å². The predicted octanol–water partition coefficient (Wildman–Crippen LogP) is 5.28. The van der Waals surface area contributed by atoms with Gasteiger partial charge >= 0.3 is 0 Å². The van der Waals surface area contributed by atoms with E-state index in [2.05, 4.69) is 24.1 Å². The molecular weight excluding hydrogens is 391 g/mol. The second-order valence-corrected chi connectivity index (χ2v) is 7.17. The second kappa shape index (κ2) is 12.7. The average Bonchev–Trinajstić information content (AvgIpc) is 2.72. The molecule has 0 aliphatic heterocycles. The standard InChI is InChI=1S/C23H32ClFN2O2/c1-4-27(5-2)13-9-12-26-16-19-14-22(28-6-3)23(15-20(19)24)29-17-18-10-7-8-11-21(18)25/h7-8,10-11,14-15,26H,4-6,9,12-13,16-17H2,1-3H3. The highest BCUT2D eigenvalue weighted by atomic mass is 35.5. The third-order valence-corrected chi connectivity index (χ3v) is 5.14. The molecule has 0 amide bonds. The van der Waals surface area contributed by atoms with Gasteiger partial charge in [0.15, 0.2) is 11.5 Å². The number of rotatable bonds is 13. The van der Waals surface area contributed by atoms with Crippen LogP contribution in [0.5, 0.6) is 11.5 Å². The second-order valence-electron chi connectivity index (χ2n) is 6.76. The molecule has 29 heavy (non-hydrogen) atoms. The Morgan fingerprint density at radius 2 is 1.72 bits per heavy atom. The van der Waals surface area contributed by atoms with E-state index in [-0.39, 0.29) is 12.4 Å². The topological polar surface area (TPSA) is 33.7 Å². The molecular formula is C23H32ClFN2O2. The van der Waals surface area contributed by atoms with Gasteiger partial charge in [0.1, 0.15) is 12.4 Å². The summed E-state index contributed by atoms with van der Waals surface area (Å²) in [5.41, 5.74) is 1.45. The molecule has 0 atom stereocenters. The Labute approximate surface area is 179 Å². The van der Waals surface area contributed by atoms with E-state index in [0.29, 0.717) is 35.2 Å². The van der Waals surface area contributed by atoms with Crippen LogP contribution in [-0.2, 0) is 13.2 Å². The van der Waals surface area contributed by atoms with Crippen molar-refractivity contribution in [3.8, 4) is 11.5 Å². The Kier molecular flexibility index (Phi) is 10.3. The Bertz CT molecular complexity index is 754. The maximum absolute atomic E-state index is 13.8. The van der Waals surface area contributed by atoms with E-state index in [0.717, 1.165) is 38.2 Å². The lowest BCUT2D eigenvalue weighted by Crippen LogP contribution is -2.27. The molecule has 2 rings (SSSR count). The van der Waals surface area contributed by atoms with Crippen molar-refractivity contribution >= 4 is 11.6 Å². The van der Waals surface area contributed by atoms with Crippen molar-refractivity contribution in [2.45, 2.75) is 40.3 Å². The van der Waals surface area contributed by atoms with Crippen molar-refractivity contribution in [1.82, 2.24) is 10.2 Å². The summed E-state index contributed by atoms with van der Waals surface area (Å²) in [4.78, 5) is 2.41. The van der Waals surface area contributed by atoms with E-state index >= 15 is 0 Å². The van der Waals surface area contributed by atoms with Crippen molar-refractivity contribution in [2.24, 2.45) is 0 Å². The number of nitrogens with one attached hydrogen (secondary N) is 1. The van der Waals surface area contributed by atoms with E-state index < -0.39 is 0 Å². The highest BCUT2D eigenvalue weighted by molar-refractivity contribution is 6.31. The number of hydrogen-bond acceptors (Lipinski definition) is 4. The van der Waals surface area contributed by atoms with Crippen molar-refractivity contribution in [1.29, 1.82) is 0 Å². The highest BCUT2D eigenvalue weighted by Crippen LogP contribution is 2.34. The van der Waals surface area contributed by atoms with Gasteiger partial charge in [-0.3, -0.25) is 0 Å². The SMILES string of the molecule is CCOc1cc(CNCCCN(CC)CC)c(Cl)cc1OCc1ccccc1F. The van der Waals surface area contributed by atoms with Crippen LogP contribution in [0.25, 0.3) is 0 Å². The predicted molar refractivity (Wildman–Crippen MR) is 117 cm³/mol. The van der Waals surface area contributed by atoms with Gasteiger partial charge in [-0.05, 0) is 57.2 Å². The molecule has 0 fully saturated rings. The zero-order chi connectivity index (χ0) is 21.1. The summed E-state index contributed by atoms with van der Waals surface area (Å²) in [6, 6.07) is 10.2. The Morgan fingerprint density at radius 1 is 1.00 bits per heavy atom. The van der Waals surface area contributed by atoms with Crippen molar-refractivity contribution in [3.05, 3.63) is 58.4 Å². The molecule has 6 heteroatoms. The lowest BCUT2D eigenvalue weighted by atomic mass is 10.2. The molecule has 0 spiro atoms. The number of ether oxygens (including phenoxy) is 2. The maximum atomic E-state index is 13.8. The molecule has 0 bridgehead atoms. The smallest absolute Gasteiger partial charge is 0.163 e. The summed E-state index contributed by atoms with van der Waals surface area (Å²) in [7, 11) is 0. The van der Waals surface area contributed by atoms with Crippen molar-refractivity contribution in [3.63, 3.8) is 0 Å². The van der Waals surface area contributed by atoms with Crippen LogP contribution in [0, 0.1) is 5.82 Å². The third kappa shape index (κ3) is 7.50. The van der Waals surface area contributed by atoms with Crippen molar-refractivity contribution < 1.29 is 13.9 Å². The summed E-state index contributed by atoms with van der Waals surface area (Å²) >= 11 is 6.46. The fraction of sp³-hybridized carbons (Fsp3) is 0.478. The fourth-order valence-electron chi connectivity index (χ4n) is 3.06. The van der Waals surface area contributed by atoms with Crippen LogP contribution in [-0.4, -0.2) is 37.7 Å². The zero-order valence-electron chi connectivity index (χ0n) is 17.6. The molecule has 160 valence electrons. The number of halogens is 2. The number of hydrogen-bond donors (Lipinski definition) is 1. The summed E-state index contributed by atoms with van der Waals surface area (Å²) in [5, 5.41) is 4.05. The van der Waals surface area contributed by atoms with Gasteiger partial charge in [-0.1, -0.05) is 43.6 Å². The van der Waals surface area contributed by atoms with Gasteiger partial charge in [0.05, 0.1) is 6.61 Å². The Balaban J connectivity index is 1.96. The average molecular weight is 423 g/mol. The fourth-order valence-corrected chi connectivity index (χ4v) is 3.28. The number of nitrogens with zero attached hydrogens (tertiary/aromatic N) is 1. The van der Waals surface area contributed by atoms with E-state index in [4.69, 9.17) is 21.1 Å². The molecule has 1 N–H and O–H groups in total. The van der Waals surface area contributed by atoms with Gasteiger partial charge in [0.25, 0.3) is 0 Å². The van der Waals surface area contributed by atoms with Crippen LogP contribution in [0.15, 0.2) is 36.4 Å². The monoisotopic (exact) mass is 422 g/mol. The maximum Gasteiger partial charge on any atom is 0.163 e. The van der Waals surface area contributed by atoms with Gasteiger partial charge in [-0.25, -0.2) is 4.39 Å². The molecule has 0 heterocycles. The van der Waals surface area contributed by atoms with Crippen LogP contribution >= 0.6 is 11.6 Å². The van der Waals surface area contributed by atoms with E-state index in [1.54, 1.807) is 24.3 Å². The first kappa shape index (κ1) is 23.5.